The predicted molar refractivity (Wildman–Crippen MR) is 50.8 cm³/mol. The molecule has 0 bridgehead atoms. The number of nitrogens with one attached hydrogen (secondary N) is 2. The standard InChI is InChI=1S/C8H16N2O5/c11-4-1-8(15,10-3-6-13)7(14)9-2-5-12/h4,10,12-13,15H,1-3,5-6H2,(H,9,14). The van der Waals surface area contributed by atoms with Crippen molar-refractivity contribution < 1.29 is 24.9 Å². The topological polar surface area (TPSA) is 119 Å². The third kappa shape index (κ3) is 4.84. The van der Waals surface area contributed by atoms with Crippen LogP contribution in [-0.4, -0.2) is 59.5 Å². The Morgan fingerprint density at radius 2 is 1.87 bits per heavy atom. The highest BCUT2D eigenvalue weighted by Gasteiger charge is 2.34. The van der Waals surface area contributed by atoms with Crippen molar-refractivity contribution in [2.75, 3.05) is 26.3 Å². The third-order valence-corrected chi connectivity index (χ3v) is 1.68. The smallest absolute Gasteiger partial charge is 0.267 e. The number of carbonyl (C=O) groups excluding carboxylic acids is 2. The molecule has 1 atom stereocenters. The van der Waals surface area contributed by atoms with Crippen molar-refractivity contribution in [3.8, 4) is 0 Å². The van der Waals surface area contributed by atoms with Gasteiger partial charge in [-0.3, -0.25) is 10.1 Å². The molecule has 0 aliphatic heterocycles. The van der Waals surface area contributed by atoms with E-state index in [0.29, 0.717) is 6.29 Å². The van der Waals surface area contributed by atoms with Gasteiger partial charge in [0.05, 0.1) is 19.6 Å². The molecule has 0 aromatic heterocycles. The summed E-state index contributed by atoms with van der Waals surface area (Å²) in [5.41, 5.74) is -2.03. The first kappa shape index (κ1) is 14.0. The lowest BCUT2D eigenvalue weighted by Gasteiger charge is -2.25. The molecule has 7 heteroatoms. The van der Waals surface area contributed by atoms with Crippen LogP contribution in [-0.2, 0) is 9.59 Å². The molecular weight excluding hydrogens is 204 g/mol. The fourth-order valence-electron chi connectivity index (χ4n) is 0.944. The van der Waals surface area contributed by atoms with Crippen LogP contribution >= 0.6 is 0 Å². The highest BCUT2D eigenvalue weighted by atomic mass is 16.3. The van der Waals surface area contributed by atoms with E-state index in [1.807, 2.05) is 0 Å². The zero-order chi connectivity index (χ0) is 11.7. The molecule has 7 nitrogen and oxygen atoms in total. The van der Waals surface area contributed by atoms with Crippen molar-refractivity contribution in [1.82, 2.24) is 10.6 Å². The number of amides is 1. The number of carbonyl (C=O) groups is 2. The van der Waals surface area contributed by atoms with E-state index in [4.69, 9.17) is 10.2 Å². The first-order valence-electron chi connectivity index (χ1n) is 4.51. The van der Waals surface area contributed by atoms with Gasteiger partial charge in [-0.2, -0.15) is 0 Å². The summed E-state index contributed by atoms with van der Waals surface area (Å²) in [5.74, 6) is -0.808. The van der Waals surface area contributed by atoms with Crippen molar-refractivity contribution >= 4 is 12.2 Å². The first-order valence-corrected chi connectivity index (χ1v) is 4.51. The molecule has 0 aromatic rings. The van der Waals surface area contributed by atoms with Crippen LogP contribution in [0.25, 0.3) is 0 Å². The van der Waals surface area contributed by atoms with E-state index in [1.165, 1.54) is 0 Å². The second-order valence-corrected chi connectivity index (χ2v) is 2.86. The number of rotatable bonds is 8. The summed E-state index contributed by atoms with van der Waals surface area (Å²) in [6.45, 7) is -0.560. The normalized spacial score (nSPS) is 14.3. The summed E-state index contributed by atoms with van der Waals surface area (Å²) in [4.78, 5) is 21.6. The molecular formula is C8H16N2O5. The lowest BCUT2D eigenvalue weighted by atomic mass is 10.1. The Morgan fingerprint density at radius 1 is 1.27 bits per heavy atom. The summed E-state index contributed by atoms with van der Waals surface area (Å²) in [7, 11) is 0. The van der Waals surface area contributed by atoms with Crippen molar-refractivity contribution in [2.45, 2.75) is 12.1 Å². The van der Waals surface area contributed by atoms with Crippen LogP contribution in [0, 0.1) is 0 Å². The number of hydrogen-bond acceptors (Lipinski definition) is 6. The van der Waals surface area contributed by atoms with Gasteiger partial charge in [-0.25, -0.2) is 0 Å². The number of hydrogen-bond donors (Lipinski definition) is 5. The van der Waals surface area contributed by atoms with Gasteiger partial charge in [0.2, 0.25) is 5.72 Å². The Balaban J connectivity index is 4.32. The summed E-state index contributed by atoms with van der Waals surface area (Å²) < 4.78 is 0. The van der Waals surface area contributed by atoms with E-state index in [9.17, 15) is 14.7 Å². The third-order valence-electron chi connectivity index (χ3n) is 1.68. The Labute approximate surface area is 87.1 Å². The highest BCUT2D eigenvalue weighted by molar-refractivity contribution is 5.86. The van der Waals surface area contributed by atoms with Gasteiger partial charge in [-0.1, -0.05) is 0 Å². The predicted octanol–water partition coefficient (Wildman–Crippen LogP) is -3.05. The molecule has 1 amide bonds. The van der Waals surface area contributed by atoms with Crippen LogP contribution in [0.1, 0.15) is 6.42 Å². The zero-order valence-electron chi connectivity index (χ0n) is 8.27. The Kier molecular flexibility index (Phi) is 6.80. The van der Waals surface area contributed by atoms with Crippen LogP contribution in [0.15, 0.2) is 0 Å². The molecule has 0 heterocycles. The number of aliphatic hydroxyl groups excluding tert-OH is 2. The summed E-state index contributed by atoms with van der Waals surface area (Å²) >= 11 is 0. The SMILES string of the molecule is O=CCC(O)(NCCO)C(=O)NCCO. The molecule has 0 saturated carbocycles. The van der Waals surface area contributed by atoms with E-state index < -0.39 is 18.1 Å². The number of aldehydes is 1. The second kappa shape index (κ2) is 7.30. The zero-order valence-corrected chi connectivity index (χ0v) is 8.27. The van der Waals surface area contributed by atoms with Crippen LogP contribution < -0.4 is 10.6 Å². The fraction of sp³-hybridized carbons (Fsp3) is 0.750. The molecule has 5 N–H and O–H groups in total. The Morgan fingerprint density at radius 3 is 2.33 bits per heavy atom. The van der Waals surface area contributed by atoms with Gasteiger partial charge >= 0.3 is 0 Å². The van der Waals surface area contributed by atoms with Gasteiger partial charge in [0.1, 0.15) is 6.29 Å². The van der Waals surface area contributed by atoms with Gasteiger partial charge in [-0.05, 0) is 0 Å². The van der Waals surface area contributed by atoms with Crippen LogP contribution in [0.2, 0.25) is 0 Å². The molecule has 0 aromatic carbocycles. The largest absolute Gasteiger partial charge is 0.395 e. The molecule has 0 radical (unpaired) electrons. The van der Waals surface area contributed by atoms with E-state index in [2.05, 4.69) is 10.6 Å². The molecule has 88 valence electrons. The van der Waals surface area contributed by atoms with E-state index >= 15 is 0 Å². The van der Waals surface area contributed by atoms with E-state index in [0.717, 1.165) is 0 Å². The Hall–Kier alpha value is -1.02. The summed E-state index contributed by atoms with van der Waals surface area (Å²) in [6.07, 6.45) is -0.0346. The van der Waals surface area contributed by atoms with Crippen LogP contribution in [0.4, 0.5) is 0 Å². The average molecular weight is 220 g/mol. The first-order chi connectivity index (χ1) is 7.10. The average Bonchev–Trinajstić information content (AvgIpc) is 2.23. The van der Waals surface area contributed by atoms with Crippen LogP contribution in [0.5, 0.6) is 0 Å². The maximum atomic E-state index is 11.3. The monoisotopic (exact) mass is 220 g/mol. The lowest BCUT2D eigenvalue weighted by Crippen LogP contribution is -2.58. The maximum absolute atomic E-state index is 11.3. The minimum absolute atomic E-state index is 0.0131. The molecule has 0 rings (SSSR count). The van der Waals surface area contributed by atoms with Gasteiger partial charge < -0.3 is 25.4 Å². The highest BCUT2D eigenvalue weighted by Crippen LogP contribution is 2.03. The fourth-order valence-corrected chi connectivity index (χ4v) is 0.944. The molecule has 0 spiro atoms. The van der Waals surface area contributed by atoms with Crippen molar-refractivity contribution in [1.29, 1.82) is 0 Å². The van der Waals surface area contributed by atoms with Crippen molar-refractivity contribution in [2.24, 2.45) is 0 Å². The van der Waals surface area contributed by atoms with Gasteiger partial charge in [0, 0.05) is 13.1 Å². The molecule has 0 aliphatic carbocycles. The molecule has 0 fully saturated rings. The lowest BCUT2D eigenvalue weighted by molar-refractivity contribution is -0.146. The second-order valence-electron chi connectivity index (χ2n) is 2.86. The molecule has 1 unspecified atom stereocenters. The maximum Gasteiger partial charge on any atom is 0.267 e. The van der Waals surface area contributed by atoms with Gasteiger partial charge in [0.25, 0.3) is 5.91 Å². The molecule has 0 saturated heterocycles. The Bertz CT molecular complexity index is 211. The quantitative estimate of drug-likeness (QED) is 0.219. The van der Waals surface area contributed by atoms with Crippen molar-refractivity contribution in [3.63, 3.8) is 0 Å². The van der Waals surface area contributed by atoms with Crippen LogP contribution in [0.3, 0.4) is 0 Å². The van der Waals surface area contributed by atoms with Gasteiger partial charge in [-0.15, -0.1) is 0 Å². The van der Waals surface area contributed by atoms with Crippen molar-refractivity contribution in [3.05, 3.63) is 0 Å². The minimum Gasteiger partial charge on any atom is -0.395 e. The van der Waals surface area contributed by atoms with Gasteiger partial charge in [0.15, 0.2) is 0 Å². The minimum atomic E-state index is -2.03. The summed E-state index contributed by atoms with van der Waals surface area (Å²) in [5, 5.41) is 31.2. The summed E-state index contributed by atoms with van der Waals surface area (Å²) in [6, 6.07) is 0. The molecule has 0 aliphatic rings. The van der Waals surface area contributed by atoms with E-state index in [-0.39, 0.29) is 26.3 Å². The van der Waals surface area contributed by atoms with E-state index in [1.54, 1.807) is 0 Å². The number of aliphatic hydroxyl groups is 3. The molecule has 15 heavy (non-hydrogen) atoms.